The van der Waals surface area contributed by atoms with Crippen LogP contribution in [0.5, 0.6) is 5.75 Å². The monoisotopic (exact) mass is 375 g/mol. The Balaban J connectivity index is 1.83. The zero-order valence-electron chi connectivity index (χ0n) is 16.6. The summed E-state index contributed by atoms with van der Waals surface area (Å²) in [6.45, 7) is 8.56. The third-order valence-corrected chi connectivity index (χ3v) is 5.39. The van der Waals surface area contributed by atoms with Crippen LogP contribution in [0.2, 0.25) is 0 Å². The van der Waals surface area contributed by atoms with Crippen molar-refractivity contribution in [2.45, 2.75) is 64.6 Å². The third-order valence-electron chi connectivity index (χ3n) is 5.39. The van der Waals surface area contributed by atoms with Gasteiger partial charge in [0.05, 0.1) is 17.7 Å². The van der Waals surface area contributed by atoms with Crippen LogP contribution in [0.3, 0.4) is 0 Å². The summed E-state index contributed by atoms with van der Waals surface area (Å²) < 4.78 is 11.8. The summed E-state index contributed by atoms with van der Waals surface area (Å²) in [7, 11) is 0. The van der Waals surface area contributed by atoms with Gasteiger partial charge in [0.15, 0.2) is 6.61 Å². The first-order valence-electron chi connectivity index (χ1n) is 9.56. The lowest BCUT2D eigenvalue weighted by molar-refractivity contribution is -0.184. The minimum Gasteiger partial charge on any atom is -0.481 e. The lowest BCUT2D eigenvalue weighted by Gasteiger charge is -2.48. The van der Waals surface area contributed by atoms with Gasteiger partial charge in [0.2, 0.25) is 0 Å². The molecule has 1 aliphatic heterocycles. The first-order valence-corrected chi connectivity index (χ1v) is 9.56. The van der Waals surface area contributed by atoms with Crippen LogP contribution in [0.1, 0.15) is 61.0 Å². The Morgan fingerprint density at radius 3 is 2.30 bits per heavy atom. The van der Waals surface area contributed by atoms with Crippen LogP contribution in [0.15, 0.2) is 12.1 Å². The molecule has 1 aromatic carbocycles. The van der Waals surface area contributed by atoms with Gasteiger partial charge in [-0.05, 0) is 63.8 Å². The van der Waals surface area contributed by atoms with Crippen molar-refractivity contribution in [3.63, 3.8) is 0 Å². The van der Waals surface area contributed by atoms with Gasteiger partial charge >= 0.3 is 5.97 Å². The van der Waals surface area contributed by atoms with Crippen LogP contribution in [0, 0.1) is 13.8 Å². The van der Waals surface area contributed by atoms with Crippen LogP contribution in [0.4, 0.5) is 0 Å². The maximum atomic E-state index is 13.2. The summed E-state index contributed by atoms with van der Waals surface area (Å²) in [5.41, 5.74) is 1.56. The average molecular weight is 375 g/mol. The fourth-order valence-corrected chi connectivity index (χ4v) is 4.56. The van der Waals surface area contributed by atoms with Crippen molar-refractivity contribution >= 4 is 11.9 Å². The van der Waals surface area contributed by atoms with Gasteiger partial charge in [-0.1, -0.05) is 12.8 Å². The number of aliphatic carboxylic acids is 1. The number of benzene rings is 1. The van der Waals surface area contributed by atoms with Crippen LogP contribution in [-0.2, 0) is 9.53 Å². The van der Waals surface area contributed by atoms with Gasteiger partial charge in [0.25, 0.3) is 5.91 Å². The van der Waals surface area contributed by atoms with E-state index in [0.29, 0.717) is 24.4 Å². The number of carbonyl (C=O) groups excluding carboxylic acids is 1. The van der Waals surface area contributed by atoms with Crippen molar-refractivity contribution in [3.8, 4) is 5.75 Å². The van der Waals surface area contributed by atoms with E-state index in [1.165, 1.54) is 0 Å². The van der Waals surface area contributed by atoms with Gasteiger partial charge in [-0.25, -0.2) is 4.79 Å². The summed E-state index contributed by atoms with van der Waals surface area (Å²) in [6.07, 6.45) is 4.29. The van der Waals surface area contributed by atoms with E-state index in [0.717, 1.165) is 36.8 Å². The van der Waals surface area contributed by atoms with Gasteiger partial charge in [-0.15, -0.1) is 0 Å². The van der Waals surface area contributed by atoms with E-state index < -0.39 is 12.6 Å². The fourth-order valence-electron chi connectivity index (χ4n) is 4.56. The molecule has 0 aromatic heterocycles. The zero-order valence-corrected chi connectivity index (χ0v) is 16.6. The standard InChI is InChI=1S/C21H29NO5/c1-14-9-16(10-15(2)18(14)26-11-17(23)24)19(25)22-12-20(3,4)27-21(13-22)7-5-6-8-21/h9-10H,5-8,11-13H2,1-4H3,(H,23,24). The molecular weight excluding hydrogens is 346 g/mol. The molecule has 2 aliphatic rings. The summed E-state index contributed by atoms with van der Waals surface area (Å²) in [5.74, 6) is -0.497. The maximum absolute atomic E-state index is 13.2. The Kier molecular flexibility index (Phi) is 5.21. The summed E-state index contributed by atoms with van der Waals surface area (Å²) in [5, 5.41) is 8.82. The summed E-state index contributed by atoms with van der Waals surface area (Å²) in [4.78, 5) is 25.9. The molecule has 0 bridgehead atoms. The Labute approximate surface area is 160 Å². The molecule has 1 heterocycles. The molecule has 1 saturated heterocycles. The van der Waals surface area contributed by atoms with Crippen molar-refractivity contribution in [2.24, 2.45) is 0 Å². The molecule has 0 radical (unpaired) electrons. The minimum atomic E-state index is -1.02. The number of aryl methyl sites for hydroxylation is 2. The molecule has 1 saturated carbocycles. The highest BCUT2D eigenvalue weighted by molar-refractivity contribution is 5.95. The highest BCUT2D eigenvalue weighted by Gasteiger charge is 2.47. The van der Waals surface area contributed by atoms with Gasteiger partial charge in [-0.2, -0.15) is 0 Å². The fraction of sp³-hybridized carbons (Fsp3) is 0.619. The number of hydrogen-bond acceptors (Lipinski definition) is 4. The van der Waals surface area contributed by atoms with E-state index in [9.17, 15) is 9.59 Å². The van der Waals surface area contributed by atoms with E-state index >= 15 is 0 Å². The number of carboxylic acids is 1. The largest absolute Gasteiger partial charge is 0.481 e. The molecule has 1 amide bonds. The van der Waals surface area contributed by atoms with Gasteiger partial charge < -0.3 is 19.5 Å². The predicted octanol–water partition coefficient (Wildman–Crippen LogP) is 3.33. The zero-order chi connectivity index (χ0) is 19.8. The lowest BCUT2D eigenvalue weighted by atomic mass is 9.93. The molecule has 3 rings (SSSR count). The second-order valence-corrected chi connectivity index (χ2v) is 8.53. The first-order chi connectivity index (χ1) is 12.6. The highest BCUT2D eigenvalue weighted by Crippen LogP contribution is 2.41. The molecular formula is C21H29NO5. The van der Waals surface area contributed by atoms with E-state index in [-0.39, 0.29) is 17.1 Å². The Hall–Kier alpha value is -2.08. The van der Waals surface area contributed by atoms with Gasteiger partial charge in [0, 0.05) is 12.1 Å². The Morgan fingerprint density at radius 2 is 1.74 bits per heavy atom. The summed E-state index contributed by atoms with van der Waals surface area (Å²) in [6, 6.07) is 3.58. The van der Waals surface area contributed by atoms with Crippen LogP contribution in [0.25, 0.3) is 0 Å². The number of nitrogens with zero attached hydrogens (tertiary/aromatic N) is 1. The van der Waals surface area contributed by atoms with Crippen molar-refractivity contribution in [3.05, 3.63) is 28.8 Å². The van der Waals surface area contributed by atoms with Gasteiger partial charge in [0.1, 0.15) is 5.75 Å². The number of amides is 1. The molecule has 6 nitrogen and oxygen atoms in total. The molecule has 148 valence electrons. The van der Waals surface area contributed by atoms with Crippen molar-refractivity contribution in [2.75, 3.05) is 19.7 Å². The minimum absolute atomic E-state index is 0.00589. The molecule has 1 spiro atoms. The normalized spacial score (nSPS) is 20.7. The van der Waals surface area contributed by atoms with Crippen LogP contribution >= 0.6 is 0 Å². The van der Waals surface area contributed by atoms with Gasteiger partial charge in [-0.3, -0.25) is 4.79 Å². The second kappa shape index (κ2) is 7.15. The molecule has 1 aliphatic carbocycles. The maximum Gasteiger partial charge on any atom is 0.341 e. The second-order valence-electron chi connectivity index (χ2n) is 8.53. The number of carboxylic acid groups (broad SMARTS) is 1. The SMILES string of the molecule is Cc1cc(C(=O)N2CC(C)(C)OC3(CCCC3)C2)cc(C)c1OCC(=O)O. The van der Waals surface area contributed by atoms with Crippen molar-refractivity contribution in [1.29, 1.82) is 0 Å². The number of hydrogen-bond donors (Lipinski definition) is 1. The number of rotatable bonds is 4. The molecule has 6 heteroatoms. The molecule has 1 N–H and O–H groups in total. The average Bonchev–Trinajstić information content (AvgIpc) is 2.98. The van der Waals surface area contributed by atoms with E-state index in [2.05, 4.69) is 0 Å². The van der Waals surface area contributed by atoms with Crippen molar-refractivity contribution in [1.82, 2.24) is 4.90 Å². The number of ether oxygens (including phenoxy) is 2. The summed E-state index contributed by atoms with van der Waals surface area (Å²) >= 11 is 0. The van der Waals surface area contributed by atoms with Crippen LogP contribution < -0.4 is 4.74 Å². The molecule has 0 unspecified atom stereocenters. The lowest BCUT2D eigenvalue weighted by Crippen LogP contribution is -2.60. The molecule has 0 atom stereocenters. The molecule has 27 heavy (non-hydrogen) atoms. The number of carbonyl (C=O) groups is 2. The molecule has 1 aromatic rings. The molecule has 2 fully saturated rings. The topological polar surface area (TPSA) is 76.1 Å². The third kappa shape index (κ3) is 4.26. The van der Waals surface area contributed by atoms with E-state index in [1.807, 2.05) is 32.6 Å². The quantitative estimate of drug-likeness (QED) is 0.874. The van der Waals surface area contributed by atoms with E-state index in [4.69, 9.17) is 14.6 Å². The Bertz CT molecular complexity index is 726. The predicted molar refractivity (Wildman–Crippen MR) is 101 cm³/mol. The van der Waals surface area contributed by atoms with Crippen molar-refractivity contribution < 1.29 is 24.2 Å². The first kappa shape index (κ1) is 19.7. The smallest absolute Gasteiger partial charge is 0.341 e. The Morgan fingerprint density at radius 1 is 1.15 bits per heavy atom. The van der Waals surface area contributed by atoms with E-state index in [1.54, 1.807) is 12.1 Å². The number of morpholine rings is 1. The van der Waals surface area contributed by atoms with Crippen LogP contribution in [-0.4, -0.2) is 52.8 Å². The highest BCUT2D eigenvalue weighted by atomic mass is 16.5.